The number of amides is 1. The molecular weight excluding hydrogens is 362 g/mol. The van der Waals surface area contributed by atoms with Gasteiger partial charge in [-0.25, -0.2) is 14.5 Å². The monoisotopic (exact) mass is 375 g/mol. The Morgan fingerprint density at radius 1 is 1.39 bits per heavy atom. The first-order chi connectivity index (χ1) is 11.0. The molecule has 0 unspecified atom stereocenters. The molecule has 4 rings (SSSR count). The van der Waals surface area contributed by atoms with Crippen molar-refractivity contribution in [1.29, 1.82) is 0 Å². The molecule has 7 nitrogen and oxygen atoms in total. The van der Waals surface area contributed by atoms with Gasteiger partial charge in [0.15, 0.2) is 11.3 Å². The van der Waals surface area contributed by atoms with Crippen molar-refractivity contribution in [3.05, 3.63) is 46.2 Å². The van der Waals surface area contributed by atoms with Crippen LogP contribution in [0.15, 0.2) is 33.4 Å². The first-order valence-corrected chi connectivity index (χ1v) is 7.98. The molecular formula is C15H14BrN5O2. The fraction of sp³-hybridized carbons (Fsp3) is 0.267. The third kappa shape index (κ3) is 2.29. The van der Waals surface area contributed by atoms with Gasteiger partial charge in [0, 0.05) is 38.0 Å². The summed E-state index contributed by atoms with van der Waals surface area (Å²) in [5, 5.41) is 7.83. The van der Waals surface area contributed by atoms with Crippen LogP contribution >= 0.6 is 15.9 Å². The number of halogens is 1. The second-order valence-corrected chi connectivity index (χ2v) is 6.39. The second kappa shape index (κ2) is 5.09. The van der Waals surface area contributed by atoms with Gasteiger partial charge >= 0.3 is 0 Å². The van der Waals surface area contributed by atoms with Gasteiger partial charge in [-0.05, 0) is 22.9 Å². The Bertz CT molecular complexity index is 916. The molecule has 0 aliphatic carbocycles. The number of aryl methyl sites for hydroxylation is 1. The number of carbonyl (C=O) groups is 1. The van der Waals surface area contributed by atoms with Crippen LogP contribution in [0.1, 0.15) is 22.0 Å². The molecule has 1 aliphatic rings. The Morgan fingerprint density at radius 3 is 3.04 bits per heavy atom. The van der Waals surface area contributed by atoms with Crippen LogP contribution in [0.3, 0.4) is 0 Å². The molecule has 0 bridgehead atoms. The molecule has 0 aromatic carbocycles. The van der Waals surface area contributed by atoms with E-state index >= 15 is 0 Å². The lowest BCUT2D eigenvalue weighted by atomic mass is 10.2. The Labute approximate surface area is 140 Å². The van der Waals surface area contributed by atoms with E-state index in [9.17, 15) is 4.79 Å². The fourth-order valence-electron chi connectivity index (χ4n) is 2.82. The lowest BCUT2D eigenvalue weighted by Gasteiger charge is -2.35. The lowest BCUT2D eigenvalue weighted by Crippen LogP contribution is -2.48. The van der Waals surface area contributed by atoms with Gasteiger partial charge in [0.1, 0.15) is 11.5 Å². The average Bonchev–Trinajstić information content (AvgIpc) is 3.09. The standard InChI is InChI=1S/C15H14BrN5O2/c1-9-5-12-13(23-9)3-4-21(19(12)2)15(22)11-6-14-17-7-10(16)8-20(14)18-11/h5-8H,3-4H2,1-2H3. The van der Waals surface area contributed by atoms with Gasteiger partial charge in [0.2, 0.25) is 0 Å². The van der Waals surface area contributed by atoms with Crippen molar-refractivity contribution in [2.45, 2.75) is 13.3 Å². The Hall–Kier alpha value is -2.35. The maximum absolute atomic E-state index is 12.8. The molecule has 0 saturated carbocycles. The van der Waals surface area contributed by atoms with Crippen LogP contribution in [0.5, 0.6) is 0 Å². The van der Waals surface area contributed by atoms with Gasteiger partial charge in [-0.15, -0.1) is 0 Å². The van der Waals surface area contributed by atoms with Crippen molar-refractivity contribution in [3.8, 4) is 0 Å². The molecule has 8 heteroatoms. The number of nitrogens with zero attached hydrogens (tertiary/aromatic N) is 5. The number of anilines is 1. The van der Waals surface area contributed by atoms with Crippen LogP contribution in [0.2, 0.25) is 0 Å². The largest absolute Gasteiger partial charge is 0.464 e. The Kier molecular flexibility index (Phi) is 3.15. The summed E-state index contributed by atoms with van der Waals surface area (Å²) in [6, 6.07) is 3.63. The summed E-state index contributed by atoms with van der Waals surface area (Å²) < 4.78 is 8.05. The van der Waals surface area contributed by atoms with Gasteiger partial charge in [0.05, 0.1) is 16.7 Å². The van der Waals surface area contributed by atoms with Gasteiger partial charge in [-0.2, -0.15) is 5.10 Å². The number of hydrogen-bond donors (Lipinski definition) is 0. The zero-order valence-corrected chi connectivity index (χ0v) is 14.2. The normalized spacial score (nSPS) is 14.4. The predicted molar refractivity (Wildman–Crippen MR) is 87.3 cm³/mol. The third-order valence-electron chi connectivity index (χ3n) is 3.91. The minimum absolute atomic E-state index is 0.154. The van der Waals surface area contributed by atoms with Crippen molar-refractivity contribution in [2.24, 2.45) is 0 Å². The van der Waals surface area contributed by atoms with E-state index in [-0.39, 0.29) is 5.91 Å². The molecule has 0 spiro atoms. The van der Waals surface area contributed by atoms with Crippen LogP contribution in [0, 0.1) is 6.92 Å². The lowest BCUT2D eigenvalue weighted by molar-refractivity contribution is 0.0728. The molecule has 3 aromatic heterocycles. The molecule has 1 aliphatic heterocycles. The summed E-state index contributed by atoms with van der Waals surface area (Å²) >= 11 is 3.35. The van der Waals surface area contributed by atoms with Crippen LogP contribution < -0.4 is 5.01 Å². The van der Waals surface area contributed by atoms with Crippen molar-refractivity contribution in [3.63, 3.8) is 0 Å². The minimum Gasteiger partial charge on any atom is -0.464 e. The molecule has 0 fully saturated rings. The molecule has 3 aromatic rings. The third-order valence-corrected chi connectivity index (χ3v) is 4.32. The molecule has 23 heavy (non-hydrogen) atoms. The Balaban J connectivity index is 1.68. The van der Waals surface area contributed by atoms with Crippen molar-refractivity contribution < 1.29 is 9.21 Å². The van der Waals surface area contributed by atoms with Crippen molar-refractivity contribution in [1.82, 2.24) is 19.6 Å². The topological polar surface area (TPSA) is 66.9 Å². The highest BCUT2D eigenvalue weighted by Crippen LogP contribution is 2.30. The number of carbonyl (C=O) groups excluding carboxylic acids is 1. The second-order valence-electron chi connectivity index (χ2n) is 5.47. The number of rotatable bonds is 1. The Morgan fingerprint density at radius 2 is 2.22 bits per heavy atom. The van der Waals surface area contributed by atoms with E-state index in [4.69, 9.17) is 4.42 Å². The first kappa shape index (κ1) is 14.3. The first-order valence-electron chi connectivity index (χ1n) is 7.18. The molecule has 4 heterocycles. The summed E-state index contributed by atoms with van der Waals surface area (Å²) in [4.78, 5) is 17.1. The number of hydrazine groups is 1. The maximum atomic E-state index is 12.8. The van der Waals surface area contributed by atoms with Crippen LogP contribution in [-0.4, -0.2) is 39.1 Å². The highest BCUT2D eigenvalue weighted by atomic mass is 79.9. The highest BCUT2D eigenvalue weighted by Gasteiger charge is 2.30. The summed E-state index contributed by atoms with van der Waals surface area (Å²) in [6.45, 7) is 2.46. The van der Waals surface area contributed by atoms with Crippen LogP contribution in [0.25, 0.3) is 5.65 Å². The van der Waals surface area contributed by atoms with E-state index in [0.29, 0.717) is 24.3 Å². The van der Waals surface area contributed by atoms with Gasteiger partial charge in [0.25, 0.3) is 5.91 Å². The fourth-order valence-corrected chi connectivity index (χ4v) is 3.11. The zero-order valence-electron chi connectivity index (χ0n) is 12.7. The van der Waals surface area contributed by atoms with E-state index in [2.05, 4.69) is 26.0 Å². The summed E-state index contributed by atoms with van der Waals surface area (Å²) in [5.41, 5.74) is 1.92. The summed E-state index contributed by atoms with van der Waals surface area (Å²) in [7, 11) is 1.86. The number of aromatic nitrogens is 3. The molecule has 0 saturated heterocycles. The van der Waals surface area contributed by atoms with Crippen molar-refractivity contribution in [2.75, 3.05) is 18.6 Å². The molecule has 0 radical (unpaired) electrons. The van der Waals surface area contributed by atoms with E-state index in [1.54, 1.807) is 28.0 Å². The number of furan rings is 1. The zero-order chi connectivity index (χ0) is 16.1. The molecule has 118 valence electrons. The molecule has 0 atom stereocenters. The SMILES string of the molecule is Cc1cc2c(o1)CCN(C(=O)c1cc3ncc(Br)cn3n1)N2C. The molecule has 0 N–H and O–H groups in total. The van der Waals surface area contributed by atoms with Crippen LogP contribution in [0.4, 0.5) is 5.69 Å². The minimum atomic E-state index is -0.154. The summed E-state index contributed by atoms with van der Waals surface area (Å²) in [5.74, 6) is 1.60. The van der Waals surface area contributed by atoms with E-state index in [0.717, 1.165) is 21.7 Å². The van der Waals surface area contributed by atoms with Gasteiger partial charge < -0.3 is 4.42 Å². The highest BCUT2D eigenvalue weighted by molar-refractivity contribution is 9.10. The maximum Gasteiger partial charge on any atom is 0.292 e. The van der Waals surface area contributed by atoms with E-state index < -0.39 is 0 Å². The van der Waals surface area contributed by atoms with Gasteiger partial charge in [-0.1, -0.05) is 0 Å². The molecule has 1 amide bonds. The van der Waals surface area contributed by atoms with E-state index in [1.165, 1.54) is 0 Å². The number of fused-ring (bicyclic) bond motifs is 2. The number of hydrogen-bond acceptors (Lipinski definition) is 5. The van der Waals surface area contributed by atoms with Crippen LogP contribution in [-0.2, 0) is 6.42 Å². The van der Waals surface area contributed by atoms with E-state index in [1.807, 2.05) is 25.0 Å². The smallest absolute Gasteiger partial charge is 0.292 e. The summed E-state index contributed by atoms with van der Waals surface area (Å²) in [6.07, 6.45) is 4.14. The van der Waals surface area contributed by atoms with Gasteiger partial charge in [-0.3, -0.25) is 9.80 Å². The van der Waals surface area contributed by atoms with Crippen molar-refractivity contribution >= 4 is 33.2 Å². The predicted octanol–water partition coefficient (Wildman–Crippen LogP) is 2.44. The average molecular weight is 376 g/mol. The quantitative estimate of drug-likeness (QED) is 0.653.